The third-order valence-electron chi connectivity index (χ3n) is 4.18. The van der Waals surface area contributed by atoms with Gasteiger partial charge in [-0.15, -0.1) is 22.7 Å². The number of hydrogen-bond acceptors (Lipinski definition) is 7. The Kier molecular flexibility index (Phi) is 5.91. The highest BCUT2D eigenvalue weighted by Gasteiger charge is 2.16. The number of nitrogens with one attached hydrogen (secondary N) is 1. The molecule has 9 heteroatoms. The Hall–Kier alpha value is -3.04. The van der Waals surface area contributed by atoms with Crippen LogP contribution in [0.2, 0.25) is 0 Å². The number of aromatic nitrogens is 2. The van der Waals surface area contributed by atoms with Gasteiger partial charge in [-0.2, -0.15) is 0 Å². The Labute approximate surface area is 180 Å². The van der Waals surface area contributed by atoms with Crippen LogP contribution in [0.15, 0.2) is 46.2 Å². The number of furan rings is 1. The smallest absolute Gasteiger partial charge is 0.263 e. The second-order valence-corrected chi connectivity index (χ2v) is 8.61. The first-order valence-electron chi connectivity index (χ1n) is 9.12. The van der Waals surface area contributed by atoms with Crippen molar-refractivity contribution in [3.05, 3.63) is 73.9 Å². The van der Waals surface area contributed by atoms with Crippen molar-refractivity contribution in [2.45, 2.75) is 27.0 Å². The Bertz CT molecular complexity index is 1160. The predicted molar refractivity (Wildman–Crippen MR) is 113 cm³/mol. The van der Waals surface area contributed by atoms with E-state index < -0.39 is 0 Å². The molecule has 1 aromatic carbocycles. The van der Waals surface area contributed by atoms with Crippen molar-refractivity contribution in [1.29, 1.82) is 0 Å². The van der Waals surface area contributed by atoms with Gasteiger partial charge in [0.1, 0.15) is 39.5 Å². The molecule has 0 aliphatic carbocycles. The zero-order valence-electron chi connectivity index (χ0n) is 16.3. The average molecular weight is 444 g/mol. The van der Waals surface area contributed by atoms with E-state index in [1.165, 1.54) is 23.5 Å². The molecule has 1 N–H and O–H groups in total. The normalized spacial score (nSPS) is 10.9. The number of ether oxygens (including phenoxy) is 1. The number of halogens is 1. The van der Waals surface area contributed by atoms with Gasteiger partial charge in [0.2, 0.25) is 0 Å². The van der Waals surface area contributed by atoms with E-state index in [0.29, 0.717) is 32.8 Å². The molecule has 0 aliphatic rings. The molecular weight excluding hydrogens is 425 g/mol. The number of benzene rings is 1. The predicted octanol–water partition coefficient (Wildman–Crippen LogP) is 5.12. The summed E-state index contributed by atoms with van der Waals surface area (Å²) in [5.41, 5.74) is 1.42. The largest absolute Gasteiger partial charge is 0.486 e. The summed E-state index contributed by atoms with van der Waals surface area (Å²) >= 11 is 2.83. The van der Waals surface area contributed by atoms with E-state index in [0.717, 1.165) is 10.7 Å². The van der Waals surface area contributed by atoms with Gasteiger partial charge in [0, 0.05) is 5.38 Å². The lowest BCUT2D eigenvalue weighted by Crippen LogP contribution is -2.22. The number of aryl methyl sites for hydroxylation is 2. The lowest BCUT2D eigenvalue weighted by atomic mass is 10.3. The molecule has 0 radical (unpaired) electrons. The van der Waals surface area contributed by atoms with Crippen molar-refractivity contribution in [1.82, 2.24) is 15.3 Å². The van der Waals surface area contributed by atoms with Crippen LogP contribution in [0.25, 0.3) is 11.5 Å². The number of nitrogens with zero attached hydrogens (tertiary/aromatic N) is 2. The van der Waals surface area contributed by atoms with E-state index >= 15 is 0 Å². The van der Waals surface area contributed by atoms with Gasteiger partial charge in [-0.1, -0.05) is 0 Å². The van der Waals surface area contributed by atoms with Gasteiger partial charge in [-0.25, -0.2) is 14.4 Å². The van der Waals surface area contributed by atoms with Gasteiger partial charge < -0.3 is 14.5 Å². The number of thiazole rings is 2. The van der Waals surface area contributed by atoms with E-state index in [1.807, 2.05) is 24.4 Å². The summed E-state index contributed by atoms with van der Waals surface area (Å²) in [5.74, 6) is 1.32. The van der Waals surface area contributed by atoms with Crippen LogP contribution < -0.4 is 10.1 Å². The van der Waals surface area contributed by atoms with Crippen LogP contribution in [0.3, 0.4) is 0 Å². The molecule has 0 spiro atoms. The molecule has 3 aromatic heterocycles. The second-order valence-electron chi connectivity index (χ2n) is 6.47. The van der Waals surface area contributed by atoms with Crippen molar-refractivity contribution in [2.75, 3.05) is 0 Å². The van der Waals surface area contributed by atoms with Crippen LogP contribution >= 0.6 is 22.7 Å². The molecule has 6 nitrogen and oxygen atoms in total. The van der Waals surface area contributed by atoms with Gasteiger partial charge in [0.15, 0.2) is 5.76 Å². The Morgan fingerprint density at radius 3 is 2.70 bits per heavy atom. The topological polar surface area (TPSA) is 77.2 Å². The zero-order valence-corrected chi connectivity index (χ0v) is 17.9. The molecular formula is C21H18FN3O3S2. The standard InChI is InChI=1S/C21H18FN3O3S2/c1-12-20(30-19(24-12)10-27-15-5-3-14(22)4-6-15)21(26)23-9-16-7-8-18(28-16)17-11-29-13(2)25-17/h3-8,11H,9-10H2,1-2H3,(H,23,26). The van der Waals surface area contributed by atoms with Crippen molar-refractivity contribution in [3.63, 3.8) is 0 Å². The Balaban J connectivity index is 1.34. The van der Waals surface area contributed by atoms with Gasteiger partial charge in [0.05, 0.1) is 17.2 Å². The Morgan fingerprint density at radius 1 is 1.17 bits per heavy atom. The lowest BCUT2D eigenvalue weighted by molar-refractivity contribution is 0.0951. The zero-order chi connectivity index (χ0) is 21.1. The maximum atomic E-state index is 13.0. The quantitative estimate of drug-likeness (QED) is 0.429. The van der Waals surface area contributed by atoms with Gasteiger partial charge in [-0.05, 0) is 50.2 Å². The molecule has 0 bridgehead atoms. The van der Waals surface area contributed by atoms with Crippen LogP contribution in [0, 0.1) is 19.7 Å². The average Bonchev–Trinajstić information content (AvgIpc) is 3.45. The maximum Gasteiger partial charge on any atom is 0.263 e. The summed E-state index contributed by atoms with van der Waals surface area (Å²) in [6.45, 7) is 4.19. The number of carbonyl (C=O) groups is 1. The summed E-state index contributed by atoms with van der Waals surface area (Å²) in [5, 5.41) is 6.43. The molecule has 4 rings (SSSR count). The molecule has 3 heterocycles. The molecule has 0 atom stereocenters. The molecule has 0 saturated carbocycles. The first-order chi connectivity index (χ1) is 14.5. The fourth-order valence-corrected chi connectivity index (χ4v) is 4.23. The highest BCUT2D eigenvalue weighted by Crippen LogP contribution is 2.24. The molecule has 0 saturated heterocycles. The highest BCUT2D eigenvalue weighted by atomic mass is 32.1. The Morgan fingerprint density at radius 2 is 1.97 bits per heavy atom. The van der Waals surface area contributed by atoms with E-state index in [-0.39, 0.29) is 24.9 Å². The number of carbonyl (C=O) groups excluding carboxylic acids is 1. The number of hydrogen-bond donors (Lipinski definition) is 1. The fourth-order valence-electron chi connectivity index (χ4n) is 2.74. The van der Waals surface area contributed by atoms with Crippen LogP contribution in [-0.4, -0.2) is 15.9 Å². The summed E-state index contributed by atoms with van der Waals surface area (Å²) in [4.78, 5) is 21.9. The first-order valence-corrected chi connectivity index (χ1v) is 10.8. The van der Waals surface area contributed by atoms with Crippen LogP contribution in [-0.2, 0) is 13.2 Å². The first kappa shape index (κ1) is 20.2. The fraction of sp³-hybridized carbons (Fsp3) is 0.190. The lowest BCUT2D eigenvalue weighted by Gasteiger charge is -2.03. The second kappa shape index (κ2) is 8.76. The van der Waals surface area contributed by atoms with Crippen LogP contribution in [0.5, 0.6) is 5.75 Å². The summed E-state index contributed by atoms with van der Waals surface area (Å²) in [6, 6.07) is 9.43. The minimum Gasteiger partial charge on any atom is -0.486 e. The van der Waals surface area contributed by atoms with E-state index in [1.54, 1.807) is 30.4 Å². The van der Waals surface area contributed by atoms with Crippen molar-refractivity contribution in [2.24, 2.45) is 0 Å². The summed E-state index contributed by atoms with van der Waals surface area (Å²) < 4.78 is 24.3. The molecule has 1 amide bonds. The van der Waals surface area contributed by atoms with Crippen molar-refractivity contribution in [3.8, 4) is 17.2 Å². The van der Waals surface area contributed by atoms with Crippen molar-refractivity contribution < 1.29 is 18.3 Å². The van der Waals surface area contributed by atoms with Gasteiger partial charge in [-0.3, -0.25) is 4.79 Å². The molecule has 0 fully saturated rings. The molecule has 30 heavy (non-hydrogen) atoms. The third-order valence-corrected chi connectivity index (χ3v) is 6.08. The minimum absolute atomic E-state index is 0.207. The van der Waals surface area contributed by atoms with E-state index in [2.05, 4.69) is 15.3 Å². The summed E-state index contributed by atoms with van der Waals surface area (Å²) in [6.07, 6.45) is 0. The number of rotatable bonds is 7. The van der Waals surface area contributed by atoms with Gasteiger partial charge in [0.25, 0.3) is 5.91 Å². The minimum atomic E-state index is -0.322. The van der Waals surface area contributed by atoms with Crippen LogP contribution in [0.4, 0.5) is 4.39 Å². The van der Waals surface area contributed by atoms with E-state index in [9.17, 15) is 9.18 Å². The van der Waals surface area contributed by atoms with Gasteiger partial charge >= 0.3 is 0 Å². The third kappa shape index (κ3) is 4.74. The molecule has 4 aromatic rings. The monoisotopic (exact) mass is 443 g/mol. The van der Waals surface area contributed by atoms with Crippen molar-refractivity contribution >= 4 is 28.6 Å². The van der Waals surface area contributed by atoms with Crippen LogP contribution in [0.1, 0.15) is 31.1 Å². The molecule has 0 unspecified atom stereocenters. The number of amides is 1. The molecule has 154 valence electrons. The molecule has 0 aliphatic heterocycles. The van der Waals surface area contributed by atoms with E-state index in [4.69, 9.17) is 9.15 Å². The maximum absolute atomic E-state index is 13.0. The highest BCUT2D eigenvalue weighted by molar-refractivity contribution is 7.13. The summed E-state index contributed by atoms with van der Waals surface area (Å²) in [7, 11) is 0. The SMILES string of the molecule is Cc1nc(-c2ccc(CNC(=O)c3sc(COc4ccc(F)cc4)nc3C)o2)cs1.